The summed E-state index contributed by atoms with van der Waals surface area (Å²) in [6.45, 7) is 1.30. The monoisotopic (exact) mass is 470 g/mol. The Labute approximate surface area is 203 Å². The van der Waals surface area contributed by atoms with Crippen LogP contribution in [-0.2, 0) is 9.47 Å². The molecule has 186 valence electrons. The molecule has 2 rings (SSSR count). The van der Waals surface area contributed by atoms with Gasteiger partial charge in [0, 0.05) is 26.5 Å². The molecule has 0 amide bonds. The van der Waals surface area contributed by atoms with Crippen LogP contribution in [0.5, 0.6) is 0 Å². The van der Waals surface area contributed by atoms with Crippen molar-refractivity contribution in [3.63, 3.8) is 0 Å². The minimum atomic E-state index is 0.651. The molecule has 2 aliphatic rings. The molecule has 0 radical (unpaired) electrons. The fraction of sp³-hybridized carbons (Fsp3) is 0.538. The molecule has 0 aromatic heterocycles. The highest BCUT2D eigenvalue weighted by Gasteiger charge is 2.14. The van der Waals surface area contributed by atoms with Gasteiger partial charge in [-0.15, -0.1) is 9.81 Å². The van der Waals surface area contributed by atoms with Gasteiger partial charge in [-0.25, -0.2) is 0 Å². The van der Waals surface area contributed by atoms with E-state index in [0.717, 1.165) is 25.7 Å². The number of unbranched alkanes of at least 4 members (excludes halogenated alkanes) is 9. The Bertz CT molecular complexity index is 759. The molecule has 0 atom stereocenters. The lowest BCUT2D eigenvalue weighted by Crippen LogP contribution is -2.16. The van der Waals surface area contributed by atoms with Crippen molar-refractivity contribution in [2.45, 2.75) is 64.2 Å². The molecular formula is C26H38N4O4. The zero-order valence-corrected chi connectivity index (χ0v) is 20.5. The molecule has 0 spiro atoms. The Morgan fingerprint density at radius 1 is 0.647 bits per heavy atom. The van der Waals surface area contributed by atoms with E-state index in [9.17, 15) is 9.81 Å². The van der Waals surface area contributed by atoms with Crippen LogP contribution in [0.25, 0.3) is 0 Å². The van der Waals surface area contributed by atoms with E-state index >= 15 is 0 Å². The van der Waals surface area contributed by atoms with E-state index in [1.807, 2.05) is 60.6 Å². The van der Waals surface area contributed by atoms with Crippen molar-refractivity contribution in [1.29, 1.82) is 0 Å². The lowest BCUT2D eigenvalue weighted by atomic mass is 10.1. The SMILES string of the molecule is CN1C=CC=C(OCCCCCCCCCCCCOC2=CC=CN(C)/C2=C\N=O)/C1=C/N=O. The third-order valence-corrected chi connectivity index (χ3v) is 5.78. The number of allylic oxidation sites excluding steroid dienone is 4. The van der Waals surface area contributed by atoms with Gasteiger partial charge in [-0.05, 0) is 47.5 Å². The Morgan fingerprint density at radius 2 is 1.00 bits per heavy atom. The van der Waals surface area contributed by atoms with E-state index in [2.05, 4.69) is 10.4 Å². The van der Waals surface area contributed by atoms with E-state index in [-0.39, 0.29) is 0 Å². The van der Waals surface area contributed by atoms with Crippen LogP contribution in [0.15, 0.2) is 82.4 Å². The minimum absolute atomic E-state index is 0.651. The second-order valence-electron chi connectivity index (χ2n) is 8.44. The van der Waals surface area contributed by atoms with Gasteiger partial charge < -0.3 is 19.3 Å². The molecular weight excluding hydrogens is 432 g/mol. The van der Waals surface area contributed by atoms with Crippen LogP contribution in [-0.4, -0.2) is 37.1 Å². The van der Waals surface area contributed by atoms with Crippen molar-refractivity contribution >= 4 is 0 Å². The predicted molar refractivity (Wildman–Crippen MR) is 136 cm³/mol. The first kappa shape index (κ1) is 27.1. The third kappa shape index (κ3) is 9.77. The first-order chi connectivity index (χ1) is 16.7. The van der Waals surface area contributed by atoms with E-state index < -0.39 is 0 Å². The number of ether oxygens (including phenoxy) is 2. The number of nitrogens with zero attached hydrogens (tertiary/aromatic N) is 4. The van der Waals surface area contributed by atoms with Crippen molar-refractivity contribution in [2.24, 2.45) is 10.4 Å². The van der Waals surface area contributed by atoms with Gasteiger partial charge in [0.2, 0.25) is 0 Å². The van der Waals surface area contributed by atoms with Crippen LogP contribution in [0, 0.1) is 9.81 Å². The summed E-state index contributed by atoms with van der Waals surface area (Å²) in [6, 6.07) is 0. The highest BCUT2D eigenvalue weighted by Crippen LogP contribution is 2.22. The molecule has 0 N–H and O–H groups in total. The summed E-state index contributed by atoms with van der Waals surface area (Å²) in [5.41, 5.74) is 1.38. The van der Waals surface area contributed by atoms with Crippen molar-refractivity contribution in [2.75, 3.05) is 27.3 Å². The summed E-state index contributed by atoms with van der Waals surface area (Å²) in [5, 5.41) is 5.74. The molecule has 0 aromatic carbocycles. The van der Waals surface area contributed by atoms with E-state index in [4.69, 9.17) is 9.47 Å². The maximum atomic E-state index is 10.6. The lowest BCUT2D eigenvalue weighted by Gasteiger charge is -2.23. The quantitative estimate of drug-likeness (QED) is 0.171. The van der Waals surface area contributed by atoms with Crippen LogP contribution < -0.4 is 0 Å². The standard InChI is InChI=1S/C26H38N4O4/c1-29-17-13-15-25(23(29)21-27-31)33-19-11-9-7-5-3-4-6-8-10-12-20-34-26-16-14-18-30(2)24(26)22-28-32/h13-18,21-22H,3-12,19-20H2,1-2H3/b23-21-,24-22-. The van der Waals surface area contributed by atoms with Gasteiger partial charge >= 0.3 is 0 Å². The van der Waals surface area contributed by atoms with E-state index in [1.165, 1.54) is 50.9 Å². The smallest absolute Gasteiger partial charge is 0.144 e. The number of hydrogen-bond acceptors (Lipinski definition) is 8. The molecule has 0 bridgehead atoms. The van der Waals surface area contributed by atoms with E-state index in [1.54, 1.807) is 0 Å². The van der Waals surface area contributed by atoms with Gasteiger partial charge in [0.25, 0.3) is 0 Å². The zero-order chi connectivity index (χ0) is 24.4. The largest absolute Gasteiger partial charge is 0.491 e. The number of likely N-dealkylation sites (N-methyl/N-ethyl adjacent to an activating group) is 2. The van der Waals surface area contributed by atoms with Gasteiger partial charge in [0.15, 0.2) is 0 Å². The Balaban J connectivity index is 1.41. The molecule has 0 aromatic rings. The minimum Gasteiger partial charge on any atom is -0.491 e. The van der Waals surface area contributed by atoms with Gasteiger partial charge in [-0.3, -0.25) is 0 Å². The van der Waals surface area contributed by atoms with E-state index in [0.29, 0.717) is 36.1 Å². The normalized spacial score (nSPS) is 17.7. The summed E-state index contributed by atoms with van der Waals surface area (Å²) in [4.78, 5) is 24.8. The molecule has 0 aliphatic carbocycles. The molecule has 34 heavy (non-hydrogen) atoms. The Morgan fingerprint density at radius 3 is 1.35 bits per heavy atom. The number of rotatable bonds is 17. The molecule has 0 fully saturated rings. The maximum absolute atomic E-state index is 10.6. The molecule has 2 heterocycles. The molecule has 0 unspecified atom stereocenters. The molecule has 0 saturated carbocycles. The Kier molecular flexibility index (Phi) is 13.1. The van der Waals surface area contributed by atoms with Crippen LogP contribution >= 0.6 is 0 Å². The number of hydrogen-bond donors (Lipinski definition) is 0. The third-order valence-electron chi connectivity index (χ3n) is 5.78. The first-order valence-corrected chi connectivity index (χ1v) is 12.2. The topological polar surface area (TPSA) is 83.8 Å². The second-order valence-corrected chi connectivity index (χ2v) is 8.44. The lowest BCUT2D eigenvalue weighted by molar-refractivity contribution is 0.200. The van der Waals surface area contributed by atoms with Gasteiger partial charge in [0.1, 0.15) is 22.9 Å². The summed E-state index contributed by atoms with van der Waals surface area (Å²) in [6.07, 6.45) is 25.7. The Hall–Kier alpha value is -3.16. The van der Waals surface area contributed by atoms with Crippen molar-refractivity contribution in [3.8, 4) is 0 Å². The van der Waals surface area contributed by atoms with Crippen molar-refractivity contribution in [3.05, 3.63) is 81.8 Å². The highest BCUT2D eigenvalue weighted by molar-refractivity contribution is 5.33. The molecule has 8 heteroatoms. The fourth-order valence-electron chi connectivity index (χ4n) is 3.83. The summed E-state index contributed by atoms with van der Waals surface area (Å²) in [7, 11) is 3.73. The predicted octanol–water partition coefficient (Wildman–Crippen LogP) is 6.82. The van der Waals surface area contributed by atoms with Crippen molar-refractivity contribution < 1.29 is 9.47 Å². The summed E-state index contributed by atoms with van der Waals surface area (Å²) in [5.74, 6) is 1.40. The number of nitroso groups, excluding NO2 is 2. The zero-order valence-electron chi connectivity index (χ0n) is 20.5. The van der Waals surface area contributed by atoms with Crippen LogP contribution in [0.2, 0.25) is 0 Å². The summed E-state index contributed by atoms with van der Waals surface area (Å²) >= 11 is 0. The molecule has 0 saturated heterocycles. The average molecular weight is 471 g/mol. The molecule has 8 nitrogen and oxygen atoms in total. The van der Waals surface area contributed by atoms with Crippen LogP contribution in [0.1, 0.15) is 64.2 Å². The summed E-state index contributed by atoms with van der Waals surface area (Å²) < 4.78 is 11.7. The highest BCUT2D eigenvalue weighted by atomic mass is 16.5. The van der Waals surface area contributed by atoms with Gasteiger partial charge in [-0.1, -0.05) is 51.4 Å². The second kappa shape index (κ2) is 16.5. The fourth-order valence-corrected chi connectivity index (χ4v) is 3.83. The average Bonchev–Trinajstić information content (AvgIpc) is 2.83. The molecule has 2 aliphatic heterocycles. The van der Waals surface area contributed by atoms with Gasteiger partial charge in [-0.2, -0.15) is 0 Å². The van der Waals surface area contributed by atoms with Gasteiger partial charge in [0.05, 0.1) is 25.6 Å². The maximum Gasteiger partial charge on any atom is 0.144 e. The van der Waals surface area contributed by atoms with Crippen LogP contribution in [0.4, 0.5) is 0 Å². The van der Waals surface area contributed by atoms with Crippen molar-refractivity contribution in [1.82, 2.24) is 9.80 Å². The van der Waals surface area contributed by atoms with Crippen LogP contribution in [0.3, 0.4) is 0 Å². The first-order valence-electron chi connectivity index (χ1n) is 12.2.